The highest BCUT2D eigenvalue weighted by Gasteiger charge is 2.37. The Kier molecular flexibility index (Phi) is 3.53. The van der Waals surface area contributed by atoms with Crippen LogP contribution in [0, 0.1) is 0 Å². The highest BCUT2D eigenvalue weighted by molar-refractivity contribution is 7.16. The first-order valence-corrected chi connectivity index (χ1v) is 7.06. The third-order valence-electron chi connectivity index (χ3n) is 3.44. The molecule has 0 aromatic carbocycles. The summed E-state index contributed by atoms with van der Waals surface area (Å²) in [6.07, 6.45) is -1.13. The maximum absolute atomic E-state index is 12.1. The second kappa shape index (κ2) is 5.22. The Balaban J connectivity index is 2.11. The van der Waals surface area contributed by atoms with Gasteiger partial charge in [-0.2, -0.15) is 4.98 Å². The van der Waals surface area contributed by atoms with Crippen LogP contribution in [0.2, 0.25) is 0 Å². The molecule has 1 fully saturated rings. The molecule has 10 heteroatoms. The van der Waals surface area contributed by atoms with Crippen molar-refractivity contribution in [2.24, 2.45) is 0 Å². The van der Waals surface area contributed by atoms with Gasteiger partial charge in [0.05, 0.1) is 12.7 Å². The Bertz CT molecular complexity index is 769. The van der Waals surface area contributed by atoms with Gasteiger partial charge in [-0.05, 0) is 0 Å². The summed E-state index contributed by atoms with van der Waals surface area (Å²) in [5, 5.41) is 9.27. The van der Waals surface area contributed by atoms with Crippen LogP contribution in [0.25, 0.3) is 10.3 Å². The molecule has 0 amide bonds. The second-order valence-electron chi connectivity index (χ2n) is 4.66. The predicted octanol–water partition coefficient (Wildman–Crippen LogP) is -0.977. The van der Waals surface area contributed by atoms with Gasteiger partial charge in [0.25, 0.3) is 5.56 Å². The first-order chi connectivity index (χ1) is 10.0. The van der Waals surface area contributed by atoms with Crippen LogP contribution >= 0.6 is 11.3 Å². The van der Waals surface area contributed by atoms with E-state index in [-0.39, 0.29) is 33.9 Å². The number of aliphatic hydroxyl groups excluding tert-OH is 1. The molecule has 2 aromatic rings. The van der Waals surface area contributed by atoms with Gasteiger partial charge < -0.3 is 20.3 Å². The van der Waals surface area contributed by atoms with E-state index >= 15 is 0 Å². The number of aromatic nitrogens is 3. The number of hydrogen-bond acceptors (Lipinski definition) is 8. The lowest BCUT2D eigenvalue weighted by Crippen LogP contribution is -2.26. The lowest BCUT2D eigenvalue weighted by Gasteiger charge is -2.13. The zero-order valence-corrected chi connectivity index (χ0v) is 11.9. The zero-order chi connectivity index (χ0) is 15.1. The van der Waals surface area contributed by atoms with Crippen molar-refractivity contribution < 1.29 is 14.6 Å². The van der Waals surface area contributed by atoms with Gasteiger partial charge in [0.1, 0.15) is 17.0 Å². The van der Waals surface area contributed by atoms with Crippen LogP contribution in [0.5, 0.6) is 0 Å². The van der Waals surface area contributed by atoms with E-state index in [1.807, 2.05) is 0 Å². The molecule has 1 saturated heterocycles. The number of hydrogen-bond donors (Lipinski definition) is 3. The minimum Gasteiger partial charge on any atom is -0.394 e. The molecular formula is C11H14N4O5S. The maximum atomic E-state index is 12.1. The largest absolute Gasteiger partial charge is 0.394 e. The van der Waals surface area contributed by atoms with Gasteiger partial charge >= 0.3 is 4.87 Å². The number of anilines is 1. The average Bonchev–Trinajstić information content (AvgIpc) is 2.98. The first-order valence-electron chi connectivity index (χ1n) is 6.25. The fourth-order valence-corrected chi connectivity index (χ4v) is 3.33. The Morgan fingerprint density at radius 2 is 2.38 bits per heavy atom. The summed E-state index contributed by atoms with van der Waals surface area (Å²) < 4.78 is 12.3. The van der Waals surface area contributed by atoms with E-state index in [1.54, 1.807) is 0 Å². The molecule has 0 aliphatic carbocycles. The fraction of sp³-hybridized carbons (Fsp3) is 0.545. The van der Waals surface area contributed by atoms with Crippen LogP contribution in [0.3, 0.4) is 0 Å². The van der Waals surface area contributed by atoms with Gasteiger partial charge in [-0.25, -0.2) is 0 Å². The molecule has 0 spiro atoms. The second-order valence-corrected chi connectivity index (χ2v) is 5.63. The summed E-state index contributed by atoms with van der Waals surface area (Å²) in [7, 11) is 1.51. The number of rotatable bonds is 3. The van der Waals surface area contributed by atoms with Crippen molar-refractivity contribution in [1.82, 2.24) is 14.5 Å². The molecule has 4 N–H and O–H groups in total. The van der Waals surface area contributed by atoms with Crippen molar-refractivity contribution in [3.05, 3.63) is 20.0 Å². The molecule has 0 bridgehead atoms. The normalized spacial score (nSPS) is 25.7. The monoisotopic (exact) mass is 314 g/mol. The Labute approximate surface area is 121 Å². The quantitative estimate of drug-likeness (QED) is 0.663. The summed E-state index contributed by atoms with van der Waals surface area (Å²) in [5.74, 6) is -0.0703. The van der Waals surface area contributed by atoms with Crippen molar-refractivity contribution in [2.45, 2.75) is 24.9 Å². The summed E-state index contributed by atoms with van der Waals surface area (Å²) in [6, 6.07) is 0. The number of aromatic amines is 1. The van der Waals surface area contributed by atoms with E-state index in [4.69, 9.17) is 15.2 Å². The van der Waals surface area contributed by atoms with Crippen LogP contribution in [0.1, 0.15) is 12.6 Å². The van der Waals surface area contributed by atoms with Crippen LogP contribution < -0.4 is 16.2 Å². The molecule has 0 saturated carbocycles. The molecule has 0 radical (unpaired) electrons. The number of fused-ring (bicyclic) bond motifs is 1. The topological polar surface area (TPSA) is 132 Å². The van der Waals surface area contributed by atoms with Crippen molar-refractivity contribution in [2.75, 3.05) is 19.5 Å². The number of nitrogen functional groups attached to an aromatic ring is 1. The number of nitrogens with one attached hydrogen (secondary N) is 1. The number of aliphatic hydroxyl groups is 1. The van der Waals surface area contributed by atoms with E-state index < -0.39 is 17.9 Å². The molecule has 2 aromatic heterocycles. The Hall–Kier alpha value is -1.75. The van der Waals surface area contributed by atoms with E-state index in [0.29, 0.717) is 6.42 Å². The summed E-state index contributed by atoms with van der Waals surface area (Å²) in [6.45, 7) is -0.220. The highest BCUT2D eigenvalue weighted by Crippen LogP contribution is 2.31. The average molecular weight is 314 g/mol. The molecule has 3 heterocycles. The van der Waals surface area contributed by atoms with E-state index in [9.17, 15) is 14.7 Å². The molecule has 9 nitrogen and oxygen atoms in total. The minimum absolute atomic E-state index is 0.0703. The van der Waals surface area contributed by atoms with Crippen LogP contribution in [0.4, 0.5) is 5.95 Å². The lowest BCUT2D eigenvalue weighted by atomic mass is 10.2. The third kappa shape index (κ3) is 2.25. The molecule has 114 valence electrons. The standard InChI is InChI=1S/C11H14N4O5S/c1-19-4-2-6(20-5(4)3-16)15-8-7(21-11(15)18)9(17)14-10(12)13-8/h4-6,16H,2-3H2,1H3,(H3,12,13,14,17). The van der Waals surface area contributed by atoms with Crippen LogP contribution in [-0.4, -0.2) is 45.6 Å². The first kappa shape index (κ1) is 14.2. The van der Waals surface area contributed by atoms with E-state index in [2.05, 4.69) is 9.97 Å². The number of ether oxygens (including phenoxy) is 2. The van der Waals surface area contributed by atoms with Gasteiger partial charge in [0.15, 0.2) is 5.65 Å². The van der Waals surface area contributed by atoms with Gasteiger partial charge in [-0.15, -0.1) is 0 Å². The molecule has 21 heavy (non-hydrogen) atoms. The van der Waals surface area contributed by atoms with Crippen LogP contribution in [-0.2, 0) is 9.47 Å². The molecule has 3 unspecified atom stereocenters. The smallest absolute Gasteiger partial charge is 0.311 e. The van der Waals surface area contributed by atoms with Gasteiger partial charge in [-0.3, -0.25) is 19.1 Å². The zero-order valence-electron chi connectivity index (χ0n) is 11.1. The third-order valence-corrected chi connectivity index (χ3v) is 4.39. The number of nitrogens with two attached hydrogens (primary N) is 1. The van der Waals surface area contributed by atoms with Crippen molar-refractivity contribution in [3.63, 3.8) is 0 Å². The fourth-order valence-electron chi connectivity index (χ4n) is 2.47. The minimum atomic E-state index is -0.651. The summed E-state index contributed by atoms with van der Waals surface area (Å²) in [4.78, 5) is 29.9. The van der Waals surface area contributed by atoms with Crippen LogP contribution in [0.15, 0.2) is 9.59 Å². The molecule has 3 rings (SSSR count). The maximum Gasteiger partial charge on any atom is 0.311 e. The number of H-pyrrole nitrogens is 1. The SMILES string of the molecule is COC1CC(n2c(=O)sc3c(=O)[nH]c(N)nc32)OC1CO. The van der Waals surface area contributed by atoms with Crippen molar-refractivity contribution in [1.29, 1.82) is 0 Å². The Morgan fingerprint density at radius 3 is 3.00 bits per heavy atom. The van der Waals surface area contributed by atoms with Gasteiger partial charge in [-0.1, -0.05) is 11.3 Å². The lowest BCUT2D eigenvalue weighted by molar-refractivity contribution is -0.0516. The molecule has 1 aliphatic rings. The van der Waals surface area contributed by atoms with Crippen molar-refractivity contribution >= 4 is 27.6 Å². The molecule has 1 aliphatic heterocycles. The predicted molar refractivity (Wildman–Crippen MR) is 75.3 cm³/mol. The van der Waals surface area contributed by atoms with Gasteiger partial charge in [0.2, 0.25) is 5.95 Å². The molecule has 3 atom stereocenters. The van der Waals surface area contributed by atoms with Crippen molar-refractivity contribution in [3.8, 4) is 0 Å². The van der Waals surface area contributed by atoms with E-state index in [1.165, 1.54) is 11.7 Å². The number of nitrogens with zero attached hydrogens (tertiary/aromatic N) is 2. The summed E-state index contributed by atoms with van der Waals surface area (Å²) >= 11 is 0.781. The Morgan fingerprint density at radius 1 is 1.62 bits per heavy atom. The highest BCUT2D eigenvalue weighted by atomic mass is 32.1. The molecular weight excluding hydrogens is 300 g/mol. The summed E-state index contributed by atoms with van der Waals surface area (Å²) in [5.41, 5.74) is 5.25. The van der Waals surface area contributed by atoms with Gasteiger partial charge in [0, 0.05) is 13.5 Å². The number of methoxy groups -OCH3 is 1. The van der Waals surface area contributed by atoms with E-state index in [0.717, 1.165) is 11.3 Å². The number of thiazole rings is 1.